The average molecular weight is 273 g/mol. The van der Waals surface area contributed by atoms with Gasteiger partial charge in [0.25, 0.3) is 0 Å². The molecule has 0 amide bonds. The standard InChI is InChI=1S/C12H13F2NO2S/c1-18-11-4-8(13)7(3-9(11)14)10-2-6(5-15-10)12(16)17/h3-4,6,10,15H,2,5H2,1H3,(H,16,17). The molecule has 0 spiro atoms. The normalized spacial score (nSPS) is 23.3. The molecule has 18 heavy (non-hydrogen) atoms. The van der Waals surface area contributed by atoms with Gasteiger partial charge in [-0.15, -0.1) is 11.8 Å². The summed E-state index contributed by atoms with van der Waals surface area (Å²) in [5.74, 6) is -2.42. The number of carboxylic acids is 1. The maximum absolute atomic E-state index is 13.8. The smallest absolute Gasteiger partial charge is 0.307 e. The van der Waals surface area contributed by atoms with Crippen LogP contribution in [0.4, 0.5) is 8.78 Å². The first-order chi connectivity index (χ1) is 8.52. The van der Waals surface area contributed by atoms with Crippen molar-refractivity contribution in [3.8, 4) is 0 Å². The van der Waals surface area contributed by atoms with Gasteiger partial charge in [0.15, 0.2) is 0 Å². The number of carboxylic acid groups (broad SMARTS) is 1. The van der Waals surface area contributed by atoms with E-state index in [9.17, 15) is 13.6 Å². The number of halogens is 2. The second-order valence-electron chi connectivity index (χ2n) is 4.24. The Morgan fingerprint density at radius 2 is 2.17 bits per heavy atom. The Kier molecular flexibility index (Phi) is 3.87. The van der Waals surface area contributed by atoms with Crippen molar-refractivity contribution in [2.24, 2.45) is 5.92 Å². The quantitative estimate of drug-likeness (QED) is 0.830. The molecule has 1 heterocycles. The Hall–Kier alpha value is -1.14. The van der Waals surface area contributed by atoms with Gasteiger partial charge >= 0.3 is 5.97 Å². The van der Waals surface area contributed by atoms with Crippen LogP contribution in [0.25, 0.3) is 0 Å². The largest absolute Gasteiger partial charge is 0.481 e. The Morgan fingerprint density at radius 1 is 1.44 bits per heavy atom. The fourth-order valence-electron chi connectivity index (χ4n) is 2.13. The molecule has 0 aliphatic carbocycles. The van der Waals surface area contributed by atoms with Gasteiger partial charge in [0.1, 0.15) is 11.6 Å². The van der Waals surface area contributed by atoms with E-state index >= 15 is 0 Å². The molecule has 0 radical (unpaired) electrons. The number of thioether (sulfide) groups is 1. The zero-order valence-corrected chi connectivity index (χ0v) is 10.6. The zero-order valence-electron chi connectivity index (χ0n) is 9.74. The fraction of sp³-hybridized carbons (Fsp3) is 0.417. The molecule has 1 saturated heterocycles. The summed E-state index contributed by atoms with van der Waals surface area (Å²) in [4.78, 5) is 11.1. The number of benzene rings is 1. The van der Waals surface area contributed by atoms with Crippen LogP contribution in [0.5, 0.6) is 0 Å². The third-order valence-electron chi connectivity index (χ3n) is 3.13. The van der Waals surface area contributed by atoms with Crippen LogP contribution in [0.2, 0.25) is 0 Å². The van der Waals surface area contributed by atoms with Gasteiger partial charge in [-0.1, -0.05) is 0 Å². The summed E-state index contributed by atoms with van der Waals surface area (Å²) in [6.07, 6.45) is 1.95. The molecule has 0 bridgehead atoms. The van der Waals surface area contributed by atoms with Gasteiger partial charge in [-0.2, -0.15) is 0 Å². The van der Waals surface area contributed by atoms with Crippen molar-refractivity contribution in [2.45, 2.75) is 17.4 Å². The zero-order chi connectivity index (χ0) is 13.3. The van der Waals surface area contributed by atoms with Gasteiger partial charge in [-0.3, -0.25) is 4.79 Å². The van der Waals surface area contributed by atoms with Gasteiger partial charge < -0.3 is 10.4 Å². The molecule has 3 nitrogen and oxygen atoms in total. The predicted molar refractivity (Wildman–Crippen MR) is 64.6 cm³/mol. The van der Waals surface area contributed by atoms with Gasteiger partial charge in [0, 0.05) is 23.0 Å². The number of aliphatic carboxylic acids is 1. The molecule has 2 rings (SSSR count). The van der Waals surface area contributed by atoms with Crippen LogP contribution in [0, 0.1) is 17.6 Å². The van der Waals surface area contributed by atoms with Crippen LogP contribution < -0.4 is 5.32 Å². The van der Waals surface area contributed by atoms with Crippen molar-refractivity contribution >= 4 is 17.7 Å². The van der Waals surface area contributed by atoms with Crippen molar-refractivity contribution in [1.82, 2.24) is 5.32 Å². The van der Waals surface area contributed by atoms with Crippen molar-refractivity contribution in [2.75, 3.05) is 12.8 Å². The molecule has 1 aliphatic rings. The highest BCUT2D eigenvalue weighted by Gasteiger charge is 2.32. The first-order valence-electron chi connectivity index (χ1n) is 5.52. The Labute approximate surface area is 108 Å². The van der Waals surface area contributed by atoms with E-state index < -0.39 is 29.6 Å². The summed E-state index contributed by atoms with van der Waals surface area (Å²) in [6.45, 7) is 0.283. The lowest BCUT2D eigenvalue weighted by molar-refractivity contribution is -0.141. The number of rotatable bonds is 3. The Bertz CT molecular complexity index is 481. The maximum Gasteiger partial charge on any atom is 0.307 e. The van der Waals surface area contributed by atoms with E-state index in [1.807, 2.05) is 0 Å². The molecule has 1 aromatic carbocycles. The summed E-state index contributed by atoms with van der Waals surface area (Å²) in [6, 6.07) is 1.88. The van der Waals surface area contributed by atoms with Gasteiger partial charge in [-0.25, -0.2) is 8.78 Å². The molecule has 2 unspecified atom stereocenters. The lowest BCUT2D eigenvalue weighted by Gasteiger charge is -2.13. The van der Waals surface area contributed by atoms with Crippen LogP contribution >= 0.6 is 11.8 Å². The highest BCUT2D eigenvalue weighted by Crippen LogP contribution is 2.32. The van der Waals surface area contributed by atoms with E-state index in [0.29, 0.717) is 0 Å². The second-order valence-corrected chi connectivity index (χ2v) is 5.09. The summed E-state index contributed by atoms with van der Waals surface area (Å²) < 4.78 is 27.4. The molecule has 2 atom stereocenters. The molecule has 1 aliphatic heterocycles. The SMILES string of the molecule is CSc1cc(F)c(C2CC(C(=O)O)CN2)cc1F. The average Bonchev–Trinajstić information content (AvgIpc) is 2.81. The highest BCUT2D eigenvalue weighted by atomic mass is 32.2. The molecular formula is C12H13F2NO2S. The molecule has 98 valence electrons. The minimum absolute atomic E-state index is 0.203. The summed E-state index contributed by atoms with van der Waals surface area (Å²) in [5.41, 5.74) is 0.203. The van der Waals surface area contributed by atoms with Gasteiger partial charge in [0.2, 0.25) is 0 Å². The van der Waals surface area contributed by atoms with Crippen LogP contribution in [0.1, 0.15) is 18.0 Å². The van der Waals surface area contributed by atoms with E-state index in [0.717, 1.165) is 23.9 Å². The monoisotopic (exact) mass is 273 g/mol. The van der Waals surface area contributed by atoms with E-state index in [4.69, 9.17) is 5.11 Å². The van der Waals surface area contributed by atoms with E-state index in [1.54, 1.807) is 6.26 Å². The van der Waals surface area contributed by atoms with Crippen LogP contribution in [0.15, 0.2) is 17.0 Å². The minimum Gasteiger partial charge on any atom is -0.481 e. The number of carbonyl (C=O) groups is 1. The lowest BCUT2D eigenvalue weighted by Crippen LogP contribution is -2.17. The third-order valence-corrected chi connectivity index (χ3v) is 3.88. The highest BCUT2D eigenvalue weighted by molar-refractivity contribution is 7.98. The number of hydrogen-bond donors (Lipinski definition) is 2. The molecule has 0 saturated carbocycles. The van der Waals surface area contributed by atoms with Crippen molar-refractivity contribution in [3.63, 3.8) is 0 Å². The maximum atomic E-state index is 13.8. The van der Waals surface area contributed by atoms with E-state index in [2.05, 4.69) is 5.32 Å². The Balaban J connectivity index is 2.25. The van der Waals surface area contributed by atoms with Crippen molar-refractivity contribution < 1.29 is 18.7 Å². The molecule has 6 heteroatoms. The molecule has 1 fully saturated rings. The van der Waals surface area contributed by atoms with E-state index in [-0.39, 0.29) is 23.4 Å². The topological polar surface area (TPSA) is 49.3 Å². The van der Waals surface area contributed by atoms with Gasteiger partial charge in [0.05, 0.1) is 5.92 Å². The predicted octanol–water partition coefficient (Wildman–Crippen LogP) is 2.42. The van der Waals surface area contributed by atoms with Crippen LogP contribution in [-0.2, 0) is 4.79 Å². The summed E-state index contributed by atoms with van der Waals surface area (Å²) in [7, 11) is 0. The third kappa shape index (κ3) is 2.49. The lowest BCUT2D eigenvalue weighted by atomic mass is 9.99. The molecule has 0 aromatic heterocycles. The second kappa shape index (κ2) is 5.24. The molecule has 1 aromatic rings. The van der Waals surface area contributed by atoms with Crippen LogP contribution in [0.3, 0.4) is 0 Å². The van der Waals surface area contributed by atoms with E-state index in [1.165, 1.54) is 0 Å². The van der Waals surface area contributed by atoms with Crippen LogP contribution in [-0.4, -0.2) is 23.9 Å². The number of hydrogen-bond acceptors (Lipinski definition) is 3. The van der Waals surface area contributed by atoms with Gasteiger partial charge in [-0.05, 0) is 24.8 Å². The molecule has 2 N–H and O–H groups in total. The first kappa shape index (κ1) is 13.3. The Morgan fingerprint density at radius 3 is 2.72 bits per heavy atom. The van der Waals surface area contributed by atoms with Crippen molar-refractivity contribution in [3.05, 3.63) is 29.3 Å². The summed E-state index contributed by atoms with van der Waals surface area (Å²) >= 11 is 1.14. The fourth-order valence-corrected chi connectivity index (χ4v) is 2.60. The first-order valence-corrected chi connectivity index (χ1v) is 6.74. The number of nitrogens with one attached hydrogen (secondary N) is 1. The minimum atomic E-state index is -0.911. The molecular weight excluding hydrogens is 260 g/mol. The summed E-state index contributed by atoms with van der Waals surface area (Å²) in [5, 5.41) is 11.8. The van der Waals surface area contributed by atoms with Crippen molar-refractivity contribution in [1.29, 1.82) is 0 Å².